The Labute approximate surface area is 199 Å². The van der Waals surface area contributed by atoms with Crippen molar-refractivity contribution in [3.8, 4) is 11.1 Å². The smallest absolute Gasteiger partial charge is 0.337 e. The van der Waals surface area contributed by atoms with Crippen molar-refractivity contribution in [1.29, 1.82) is 0 Å². The Morgan fingerprint density at radius 2 is 1.62 bits per heavy atom. The minimum Gasteiger partial charge on any atom is -0.465 e. The molecular weight excluding hydrogens is 433 g/mol. The molecule has 7 heteroatoms. The molecule has 0 aromatic heterocycles. The molecule has 6 nitrogen and oxygen atoms in total. The monoisotopic (exact) mass is 461 g/mol. The summed E-state index contributed by atoms with van der Waals surface area (Å²) in [6.45, 7) is 2.82. The molecule has 176 valence electrons. The summed E-state index contributed by atoms with van der Waals surface area (Å²) in [5.74, 6) is -1.16. The zero-order valence-electron chi connectivity index (χ0n) is 19.4. The molecule has 0 saturated carbocycles. The number of amides is 2. The van der Waals surface area contributed by atoms with Crippen LogP contribution in [0.25, 0.3) is 11.1 Å². The molecule has 1 aliphatic rings. The third-order valence-corrected chi connectivity index (χ3v) is 6.07. The van der Waals surface area contributed by atoms with E-state index in [1.54, 1.807) is 9.80 Å². The number of carbonyl (C=O) groups excluding carboxylic acids is 2. The molecular formula is C27H28FN3O3. The van der Waals surface area contributed by atoms with E-state index in [1.165, 1.54) is 19.2 Å². The van der Waals surface area contributed by atoms with E-state index < -0.39 is 11.8 Å². The van der Waals surface area contributed by atoms with Gasteiger partial charge in [0.25, 0.3) is 0 Å². The largest absolute Gasteiger partial charge is 0.465 e. The number of rotatable bonds is 5. The third-order valence-electron chi connectivity index (χ3n) is 6.07. The first-order valence-electron chi connectivity index (χ1n) is 11.2. The molecule has 2 amide bonds. The predicted octanol–water partition coefficient (Wildman–Crippen LogP) is 4.65. The van der Waals surface area contributed by atoms with Gasteiger partial charge in [0.2, 0.25) is 0 Å². The van der Waals surface area contributed by atoms with Gasteiger partial charge in [-0.05, 0) is 42.4 Å². The number of hydrogen-bond acceptors (Lipinski definition) is 4. The lowest BCUT2D eigenvalue weighted by Crippen LogP contribution is -2.52. The van der Waals surface area contributed by atoms with Crippen LogP contribution >= 0.6 is 0 Å². The highest BCUT2D eigenvalue weighted by molar-refractivity contribution is 5.93. The Morgan fingerprint density at radius 1 is 0.912 bits per heavy atom. The van der Waals surface area contributed by atoms with Gasteiger partial charge < -0.3 is 14.5 Å². The molecule has 0 atom stereocenters. The van der Waals surface area contributed by atoms with Crippen LogP contribution in [-0.4, -0.2) is 62.1 Å². The first-order valence-corrected chi connectivity index (χ1v) is 11.2. The fourth-order valence-corrected chi connectivity index (χ4v) is 4.01. The van der Waals surface area contributed by atoms with Gasteiger partial charge in [-0.3, -0.25) is 4.90 Å². The van der Waals surface area contributed by atoms with E-state index in [2.05, 4.69) is 9.64 Å². The summed E-state index contributed by atoms with van der Waals surface area (Å²) in [4.78, 5) is 31.0. The molecule has 0 N–H and O–H groups in total. The lowest BCUT2D eigenvalue weighted by molar-refractivity contribution is 0.0600. The molecule has 0 bridgehead atoms. The van der Waals surface area contributed by atoms with Crippen molar-refractivity contribution in [2.45, 2.75) is 6.54 Å². The molecule has 34 heavy (non-hydrogen) atoms. The Bertz CT molecular complexity index is 1160. The van der Waals surface area contributed by atoms with Crippen molar-refractivity contribution in [1.82, 2.24) is 9.80 Å². The molecule has 0 radical (unpaired) electrons. The SMILES string of the molecule is COC(=O)c1ccc(CN(C(=O)N2CCN(C)CC2)c2cccc(-c3ccccc3)c2)c(F)c1. The van der Waals surface area contributed by atoms with Gasteiger partial charge in [-0.1, -0.05) is 48.5 Å². The maximum atomic E-state index is 15.0. The average Bonchev–Trinajstić information content (AvgIpc) is 2.88. The number of likely N-dealkylation sites (N-methyl/N-ethyl adjacent to an activating group) is 1. The summed E-state index contributed by atoms with van der Waals surface area (Å²) in [7, 11) is 3.28. The van der Waals surface area contributed by atoms with E-state index in [4.69, 9.17) is 0 Å². The first kappa shape index (κ1) is 23.4. The lowest BCUT2D eigenvalue weighted by atomic mass is 10.0. The van der Waals surface area contributed by atoms with Gasteiger partial charge in [0.05, 0.1) is 19.2 Å². The van der Waals surface area contributed by atoms with Gasteiger partial charge >= 0.3 is 12.0 Å². The number of methoxy groups -OCH3 is 1. The first-order chi connectivity index (χ1) is 16.5. The van der Waals surface area contributed by atoms with Crippen molar-refractivity contribution in [3.63, 3.8) is 0 Å². The van der Waals surface area contributed by atoms with Gasteiger partial charge in [-0.25, -0.2) is 14.0 Å². The molecule has 0 spiro atoms. The van der Waals surface area contributed by atoms with Gasteiger partial charge in [-0.15, -0.1) is 0 Å². The highest BCUT2D eigenvalue weighted by Gasteiger charge is 2.26. The van der Waals surface area contributed by atoms with Crippen LogP contribution in [-0.2, 0) is 11.3 Å². The number of anilines is 1. The standard InChI is InChI=1S/C27H28FN3O3/c1-29-13-15-30(16-14-29)27(33)31(19-23-12-11-22(18-25(23)28)26(32)34-2)24-10-6-9-21(17-24)20-7-4-3-5-8-20/h3-12,17-18H,13-16,19H2,1-2H3. The summed E-state index contributed by atoms with van der Waals surface area (Å²) in [6, 6.07) is 21.6. The molecule has 1 aliphatic heterocycles. The molecule has 1 fully saturated rings. The van der Waals surface area contributed by atoms with E-state index in [1.807, 2.05) is 61.6 Å². The number of carbonyl (C=O) groups is 2. The molecule has 3 aromatic carbocycles. The van der Waals surface area contributed by atoms with Gasteiger partial charge in [0.1, 0.15) is 5.82 Å². The van der Waals surface area contributed by atoms with E-state index in [-0.39, 0.29) is 18.1 Å². The second-order valence-electron chi connectivity index (χ2n) is 8.37. The van der Waals surface area contributed by atoms with Crippen LogP contribution in [0.1, 0.15) is 15.9 Å². The van der Waals surface area contributed by atoms with E-state index in [0.29, 0.717) is 24.3 Å². The highest BCUT2D eigenvalue weighted by atomic mass is 19.1. The van der Waals surface area contributed by atoms with E-state index in [9.17, 15) is 14.0 Å². The minimum absolute atomic E-state index is 0.0384. The van der Waals surface area contributed by atoms with Crippen LogP contribution in [0, 0.1) is 5.82 Å². The van der Waals surface area contributed by atoms with Gasteiger partial charge in [0.15, 0.2) is 0 Å². The maximum absolute atomic E-state index is 15.0. The van der Waals surface area contributed by atoms with Crippen LogP contribution in [0.3, 0.4) is 0 Å². The maximum Gasteiger partial charge on any atom is 0.337 e. The summed E-state index contributed by atoms with van der Waals surface area (Å²) >= 11 is 0. The van der Waals surface area contributed by atoms with Gasteiger partial charge in [0, 0.05) is 37.4 Å². The Morgan fingerprint density at radius 3 is 2.29 bits per heavy atom. The van der Waals surface area contributed by atoms with E-state index >= 15 is 0 Å². The number of esters is 1. The fourth-order valence-electron chi connectivity index (χ4n) is 4.01. The Kier molecular flexibility index (Phi) is 7.23. The van der Waals surface area contributed by atoms with Gasteiger partial charge in [-0.2, -0.15) is 0 Å². The van der Waals surface area contributed by atoms with Crippen LogP contribution in [0.2, 0.25) is 0 Å². The fraction of sp³-hybridized carbons (Fsp3) is 0.259. The topological polar surface area (TPSA) is 53.1 Å². The molecule has 4 rings (SSSR count). The number of hydrogen-bond donors (Lipinski definition) is 0. The van der Waals surface area contributed by atoms with Crippen LogP contribution < -0.4 is 4.90 Å². The molecule has 0 aliphatic carbocycles. The number of halogens is 1. The van der Waals surface area contributed by atoms with Crippen LogP contribution in [0.5, 0.6) is 0 Å². The molecule has 1 heterocycles. The summed E-state index contributed by atoms with van der Waals surface area (Å²) in [6.07, 6.45) is 0. The molecule has 3 aromatic rings. The number of ether oxygens (including phenoxy) is 1. The van der Waals surface area contributed by atoms with Crippen molar-refractivity contribution >= 4 is 17.7 Å². The zero-order chi connectivity index (χ0) is 24.1. The van der Waals surface area contributed by atoms with E-state index in [0.717, 1.165) is 30.3 Å². The van der Waals surface area contributed by atoms with Crippen molar-refractivity contribution in [2.75, 3.05) is 45.2 Å². The van der Waals surface area contributed by atoms with Crippen molar-refractivity contribution in [3.05, 3.63) is 89.7 Å². The Balaban J connectivity index is 1.68. The number of nitrogens with zero attached hydrogens (tertiary/aromatic N) is 3. The molecule has 0 unspecified atom stereocenters. The van der Waals surface area contributed by atoms with Crippen molar-refractivity contribution in [2.24, 2.45) is 0 Å². The number of urea groups is 1. The average molecular weight is 462 g/mol. The minimum atomic E-state index is -0.605. The highest BCUT2D eigenvalue weighted by Crippen LogP contribution is 2.27. The lowest BCUT2D eigenvalue weighted by Gasteiger charge is -2.36. The molecule has 1 saturated heterocycles. The third kappa shape index (κ3) is 5.26. The number of piperazine rings is 1. The second-order valence-corrected chi connectivity index (χ2v) is 8.37. The predicted molar refractivity (Wildman–Crippen MR) is 130 cm³/mol. The second kappa shape index (κ2) is 10.5. The Hall–Kier alpha value is -3.71. The summed E-state index contributed by atoms with van der Waals surface area (Å²) < 4.78 is 19.6. The van der Waals surface area contributed by atoms with Crippen LogP contribution in [0.4, 0.5) is 14.9 Å². The quantitative estimate of drug-likeness (QED) is 0.519. The number of benzene rings is 3. The van der Waals surface area contributed by atoms with Crippen molar-refractivity contribution < 1.29 is 18.7 Å². The normalized spacial score (nSPS) is 14.0. The summed E-state index contributed by atoms with van der Waals surface area (Å²) in [5, 5.41) is 0. The van der Waals surface area contributed by atoms with Crippen LogP contribution in [0.15, 0.2) is 72.8 Å². The summed E-state index contributed by atoms with van der Waals surface area (Å²) in [5.41, 5.74) is 3.13. The zero-order valence-corrected chi connectivity index (χ0v) is 19.4.